The van der Waals surface area contributed by atoms with Gasteiger partial charge in [0.1, 0.15) is 35.4 Å². The summed E-state index contributed by atoms with van der Waals surface area (Å²) in [4.78, 5) is 99.3. The van der Waals surface area contributed by atoms with E-state index in [-0.39, 0.29) is 68.2 Å². The average Bonchev–Trinajstić information content (AvgIpc) is 3.32. The molecule has 0 radical (unpaired) electrons. The molecule has 1 spiro atoms. The Kier molecular flexibility index (Phi) is 21.1. The Morgan fingerprint density at radius 2 is 1.14 bits per heavy atom. The number of hydrogen-bond donors (Lipinski definition) is 6. The van der Waals surface area contributed by atoms with Crippen molar-refractivity contribution in [3.63, 3.8) is 0 Å². The molecule has 3 aromatic carbocycles. The fourth-order valence-electron chi connectivity index (χ4n) is 8.96. The molecule has 77 heavy (non-hydrogen) atoms. The fourth-order valence-corrected chi connectivity index (χ4v) is 8.96. The van der Waals surface area contributed by atoms with Crippen molar-refractivity contribution in [1.29, 1.82) is 0 Å². The average molecular weight is 1080 g/mol. The molecule has 2 fully saturated rings. The van der Waals surface area contributed by atoms with Gasteiger partial charge in [0.05, 0.1) is 0 Å². The van der Waals surface area contributed by atoms with Gasteiger partial charge in [-0.25, -0.2) is 18.8 Å². The third kappa shape index (κ3) is 20.4. The number of amides is 8. The molecule has 0 saturated carbocycles. The van der Waals surface area contributed by atoms with Crippen molar-refractivity contribution in [2.24, 2.45) is 11.3 Å². The number of rotatable bonds is 21. The Labute approximate surface area is 447 Å². The molecule has 18 nitrogen and oxygen atoms in total. The number of unbranched alkanes of at least 4 members (excludes halogenated alkanes) is 1. The highest BCUT2D eigenvalue weighted by Gasteiger charge is 2.48. The van der Waals surface area contributed by atoms with Gasteiger partial charge in [0.2, 0.25) is 23.6 Å². The van der Waals surface area contributed by atoms with Crippen LogP contribution < -0.4 is 36.6 Å². The Hall–Kier alpha value is -7.13. The van der Waals surface area contributed by atoms with Crippen LogP contribution in [0.2, 0.25) is 0 Å². The highest BCUT2D eigenvalue weighted by atomic mass is 19.4. The van der Waals surface area contributed by atoms with Gasteiger partial charge in [-0.2, -0.15) is 0 Å². The molecule has 2 aliphatic heterocycles. The minimum Gasteiger partial charge on any atom is -0.444 e. The molecule has 8 amide bonds. The number of carbonyl (C=O) groups excluding carboxylic acids is 7. The van der Waals surface area contributed by atoms with Crippen molar-refractivity contribution in [2.75, 3.05) is 38.0 Å². The van der Waals surface area contributed by atoms with Gasteiger partial charge in [0, 0.05) is 62.7 Å². The molecule has 0 aliphatic carbocycles. The molecule has 5 rings (SSSR count). The lowest BCUT2D eigenvalue weighted by Gasteiger charge is -2.54. The molecular formula is C55H74F4N8O10. The van der Waals surface area contributed by atoms with Crippen molar-refractivity contribution in [2.45, 2.75) is 148 Å². The molecule has 22 heteroatoms. The van der Waals surface area contributed by atoms with E-state index >= 15 is 0 Å². The van der Waals surface area contributed by atoms with Crippen LogP contribution >= 0.6 is 0 Å². The first-order chi connectivity index (χ1) is 36.1. The van der Waals surface area contributed by atoms with Gasteiger partial charge in [-0.3, -0.25) is 19.2 Å². The zero-order chi connectivity index (χ0) is 56.7. The predicted molar refractivity (Wildman–Crippen MR) is 279 cm³/mol. The maximum absolute atomic E-state index is 14.5. The number of hydrogen-bond acceptors (Lipinski definition) is 10. The summed E-state index contributed by atoms with van der Waals surface area (Å²) >= 11 is 0. The molecule has 0 aromatic heterocycles. The molecule has 2 saturated heterocycles. The predicted octanol–water partition coefficient (Wildman–Crippen LogP) is 7.75. The second kappa shape index (κ2) is 26.8. The maximum atomic E-state index is 14.5. The van der Waals surface area contributed by atoms with Crippen LogP contribution in [0.3, 0.4) is 0 Å². The summed E-state index contributed by atoms with van der Waals surface area (Å²) in [5.74, 6) is -4.82. The SMILES string of the molecule is CC(C)C[C@@H](NC(=O)[C@@H](Cc1ccccc1)NC(=O)[C@@H](Cc1ccccc1)NC(=O)OC(C)(C)C)C(=O)N[C@H](CCCCNC(=O)OC(C)(C)C)C(=O)N1CCC2(CC1)CN(C(=O)Nc1ccc(OC(F)(F)F)c(F)c1)C2. The van der Waals surface area contributed by atoms with E-state index in [1.54, 1.807) is 95.0 Å². The molecule has 4 atom stereocenters. The van der Waals surface area contributed by atoms with Crippen LogP contribution in [0.25, 0.3) is 0 Å². The van der Waals surface area contributed by atoms with E-state index in [2.05, 4.69) is 36.6 Å². The highest BCUT2D eigenvalue weighted by Crippen LogP contribution is 2.41. The lowest BCUT2D eigenvalue weighted by atomic mass is 9.72. The van der Waals surface area contributed by atoms with Gasteiger partial charge >= 0.3 is 24.6 Å². The third-order valence-corrected chi connectivity index (χ3v) is 12.6. The van der Waals surface area contributed by atoms with E-state index in [4.69, 9.17) is 9.47 Å². The highest BCUT2D eigenvalue weighted by molar-refractivity contribution is 5.95. The van der Waals surface area contributed by atoms with E-state index < -0.39 is 89.2 Å². The quantitative estimate of drug-likeness (QED) is 0.0449. The summed E-state index contributed by atoms with van der Waals surface area (Å²) in [6.07, 6.45) is -4.28. The summed E-state index contributed by atoms with van der Waals surface area (Å²) in [7, 11) is 0. The van der Waals surface area contributed by atoms with E-state index in [1.807, 2.05) is 26.0 Å². The Bertz CT molecular complexity index is 2490. The Morgan fingerprint density at radius 3 is 1.66 bits per heavy atom. The van der Waals surface area contributed by atoms with Crippen molar-refractivity contribution >= 4 is 47.5 Å². The molecule has 2 heterocycles. The Morgan fingerprint density at radius 1 is 0.636 bits per heavy atom. The lowest BCUT2D eigenvalue weighted by Crippen LogP contribution is -2.64. The van der Waals surface area contributed by atoms with Gasteiger partial charge in [-0.05, 0) is 109 Å². The van der Waals surface area contributed by atoms with Crippen LogP contribution in [0.4, 0.5) is 37.6 Å². The number of nitrogens with zero attached hydrogens (tertiary/aromatic N) is 2. The topological polar surface area (TPSA) is 226 Å². The monoisotopic (exact) mass is 1080 g/mol. The molecule has 422 valence electrons. The number of alkyl halides is 3. The number of anilines is 1. The zero-order valence-electron chi connectivity index (χ0n) is 45.1. The van der Waals surface area contributed by atoms with Gasteiger partial charge < -0.3 is 55.9 Å². The van der Waals surface area contributed by atoms with E-state index in [0.29, 0.717) is 44.3 Å². The minimum atomic E-state index is -5.09. The largest absolute Gasteiger partial charge is 0.573 e. The van der Waals surface area contributed by atoms with Crippen LogP contribution in [0.15, 0.2) is 78.9 Å². The Balaban J connectivity index is 1.29. The summed E-state index contributed by atoms with van der Waals surface area (Å²) < 4.78 is 66.7. The van der Waals surface area contributed by atoms with Gasteiger partial charge in [-0.15, -0.1) is 13.2 Å². The third-order valence-electron chi connectivity index (χ3n) is 12.6. The maximum Gasteiger partial charge on any atom is 0.573 e. The first-order valence-electron chi connectivity index (χ1n) is 25.9. The summed E-state index contributed by atoms with van der Waals surface area (Å²) in [5.41, 5.74) is -0.551. The normalized spacial score (nSPS) is 15.9. The van der Waals surface area contributed by atoms with Crippen molar-refractivity contribution < 1.29 is 65.3 Å². The van der Waals surface area contributed by atoms with Crippen molar-refractivity contribution in [3.05, 3.63) is 95.8 Å². The molecule has 2 aliphatic rings. The second-order valence-corrected chi connectivity index (χ2v) is 22.1. The lowest BCUT2D eigenvalue weighted by molar-refractivity contribution is -0.275. The fraction of sp³-hybridized carbons (Fsp3) is 0.545. The molecular weight excluding hydrogens is 1010 g/mol. The van der Waals surface area contributed by atoms with Crippen molar-refractivity contribution in [3.8, 4) is 5.75 Å². The molecule has 0 bridgehead atoms. The summed E-state index contributed by atoms with van der Waals surface area (Å²) in [6.45, 7) is 15.4. The van der Waals surface area contributed by atoms with Crippen LogP contribution in [0.5, 0.6) is 5.75 Å². The number of benzene rings is 3. The molecule has 3 aromatic rings. The van der Waals surface area contributed by atoms with E-state index in [9.17, 15) is 51.1 Å². The number of halogens is 4. The number of likely N-dealkylation sites (tertiary alicyclic amines) is 2. The number of piperidine rings is 1. The van der Waals surface area contributed by atoms with Crippen LogP contribution in [-0.2, 0) is 41.5 Å². The number of nitrogens with one attached hydrogen (secondary N) is 6. The van der Waals surface area contributed by atoms with E-state index in [0.717, 1.165) is 23.8 Å². The molecule has 6 N–H and O–H groups in total. The zero-order valence-corrected chi connectivity index (χ0v) is 45.1. The van der Waals surface area contributed by atoms with Gasteiger partial charge in [0.25, 0.3) is 0 Å². The van der Waals surface area contributed by atoms with Crippen molar-refractivity contribution in [1.82, 2.24) is 36.4 Å². The second-order valence-electron chi connectivity index (χ2n) is 22.1. The summed E-state index contributed by atoms with van der Waals surface area (Å²) in [6, 6.07) is 15.4. The standard InChI is InChI=1S/C55H74F4N8O10/c1-35(2)29-41(63-46(69)42(30-36-17-11-9-12-18-36)64-47(70)43(31-37-19-13-10-14-20-37)65-51(74)77-53(6,7)8)45(68)62-40(21-15-16-26-60-50(73)76-52(3,4)5)48(71)66-27-24-54(25-28-66)33-67(34-54)49(72)61-38-22-23-44(39(56)32-38)75-55(57,58)59/h9-14,17-20,22-23,32,35,40-43H,15-16,21,24-31,33-34H2,1-8H3,(H,60,73)(H,61,72)(H,62,68)(H,63,69)(H,64,70)(H,65,74)/t40-,41-,42-,43-/m1/s1. The first kappa shape index (κ1) is 60.7. The number of carbonyl (C=O) groups is 7. The molecule has 0 unspecified atom stereocenters. The summed E-state index contributed by atoms with van der Waals surface area (Å²) in [5, 5.41) is 16.5. The number of ether oxygens (including phenoxy) is 3. The smallest absolute Gasteiger partial charge is 0.444 e. The van der Waals surface area contributed by atoms with Gasteiger partial charge in [0.15, 0.2) is 11.6 Å². The minimum absolute atomic E-state index is 0.0220. The number of urea groups is 1. The number of alkyl carbamates (subject to hydrolysis) is 2. The van der Waals surface area contributed by atoms with Crippen LogP contribution in [0.1, 0.15) is 105 Å². The van der Waals surface area contributed by atoms with Crippen LogP contribution in [0, 0.1) is 17.2 Å². The first-order valence-corrected chi connectivity index (χ1v) is 25.9. The van der Waals surface area contributed by atoms with Gasteiger partial charge in [-0.1, -0.05) is 74.5 Å². The van der Waals surface area contributed by atoms with Crippen LogP contribution in [-0.4, -0.2) is 126 Å². The van der Waals surface area contributed by atoms with E-state index in [1.165, 1.54) is 4.90 Å².